The monoisotopic (exact) mass is 532 g/mol. The SMILES string of the molecule is CCN(CC)c1ccc(C2C3=C(CC(C)(C)CC3=O)Nc3nc(SCc4ccc(F)cc4)[nH]c(=O)c32)cc1. The number of aromatic amines is 1. The minimum atomic E-state index is -0.483. The van der Waals surface area contributed by atoms with E-state index in [4.69, 9.17) is 4.98 Å². The van der Waals surface area contributed by atoms with Gasteiger partial charge in [0.15, 0.2) is 10.9 Å². The van der Waals surface area contributed by atoms with Crippen LogP contribution in [0.1, 0.15) is 63.1 Å². The topological polar surface area (TPSA) is 78.1 Å². The summed E-state index contributed by atoms with van der Waals surface area (Å²) in [5.74, 6) is 0.341. The van der Waals surface area contributed by atoms with Gasteiger partial charge in [0.2, 0.25) is 0 Å². The van der Waals surface area contributed by atoms with Crippen LogP contribution in [-0.2, 0) is 10.5 Å². The summed E-state index contributed by atoms with van der Waals surface area (Å²) in [6.45, 7) is 10.2. The third kappa shape index (κ3) is 5.14. The summed E-state index contributed by atoms with van der Waals surface area (Å²) >= 11 is 1.39. The van der Waals surface area contributed by atoms with Crippen molar-refractivity contribution in [1.82, 2.24) is 9.97 Å². The van der Waals surface area contributed by atoms with Crippen LogP contribution < -0.4 is 15.8 Å². The van der Waals surface area contributed by atoms with Crippen molar-refractivity contribution in [3.63, 3.8) is 0 Å². The number of anilines is 2. The van der Waals surface area contributed by atoms with Gasteiger partial charge in [-0.2, -0.15) is 0 Å². The van der Waals surface area contributed by atoms with E-state index in [0.29, 0.717) is 40.7 Å². The molecule has 2 aliphatic rings. The van der Waals surface area contributed by atoms with Crippen molar-refractivity contribution >= 4 is 29.1 Å². The molecule has 2 aromatic carbocycles. The molecule has 0 saturated carbocycles. The van der Waals surface area contributed by atoms with E-state index in [1.54, 1.807) is 12.1 Å². The number of halogens is 1. The van der Waals surface area contributed by atoms with Crippen molar-refractivity contribution < 1.29 is 9.18 Å². The molecule has 3 aromatic rings. The predicted molar refractivity (Wildman–Crippen MR) is 151 cm³/mol. The Labute approximate surface area is 226 Å². The lowest BCUT2D eigenvalue weighted by Gasteiger charge is -2.38. The van der Waals surface area contributed by atoms with Gasteiger partial charge in [0.05, 0.1) is 5.56 Å². The van der Waals surface area contributed by atoms with E-state index in [2.05, 4.69) is 55.0 Å². The first kappa shape index (κ1) is 26.2. The average molecular weight is 533 g/mol. The maximum atomic E-state index is 13.6. The van der Waals surface area contributed by atoms with Gasteiger partial charge in [-0.25, -0.2) is 9.37 Å². The lowest BCUT2D eigenvalue weighted by atomic mass is 9.69. The summed E-state index contributed by atoms with van der Waals surface area (Å²) in [4.78, 5) is 37.0. The number of hydrogen-bond donors (Lipinski definition) is 2. The Balaban J connectivity index is 1.55. The molecule has 2 heterocycles. The van der Waals surface area contributed by atoms with Gasteiger partial charge >= 0.3 is 0 Å². The number of carbonyl (C=O) groups excluding carboxylic acids is 1. The van der Waals surface area contributed by atoms with Crippen LogP contribution in [0.2, 0.25) is 0 Å². The number of nitrogens with one attached hydrogen (secondary N) is 2. The summed E-state index contributed by atoms with van der Waals surface area (Å²) in [6, 6.07) is 14.5. The van der Waals surface area contributed by atoms with Crippen molar-refractivity contribution in [2.75, 3.05) is 23.3 Å². The first-order chi connectivity index (χ1) is 18.2. The van der Waals surface area contributed by atoms with Crippen LogP contribution in [0.3, 0.4) is 0 Å². The van der Waals surface area contributed by atoms with Crippen molar-refractivity contribution in [3.05, 3.63) is 92.7 Å². The second kappa shape index (κ2) is 10.4. The number of nitrogens with zero attached hydrogens (tertiary/aromatic N) is 2. The maximum Gasteiger partial charge on any atom is 0.257 e. The quantitative estimate of drug-likeness (QED) is 0.277. The van der Waals surface area contributed by atoms with Gasteiger partial charge < -0.3 is 15.2 Å². The molecule has 0 spiro atoms. The van der Waals surface area contributed by atoms with Gasteiger partial charge in [0.1, 0.15) is 11.6 Å². The van der Waals surface area contributed by atoms with E-state index >= 15 is 0 Å². The van der Waals surface area contributed by atoms with E-state index in [1.807, 2.05) is 12.1 Å². The van der Waals surface area contributed by atoms with Gasteiger partial charge in [-0.05, 0) is 61.1 Å². The van der Waals surface area contributed by atoms with Crippen LogP contribution >= 0.6 is 11.8 Å². The molecule has 0 bridgehead atoms. The molecule has 0 radical (unpaired) electrons. The van der Waals surface area contributed by atoms with E-state index in [-0.39, 0.29) is 22.6 Å². The number of rotatable bonds is 7. The summed E-state index contributed by atoms with van der Waals surface area (Å²) in [5.41, 5.74) is 4.50. The Morgan fingerprint density at radius 1 is 1.03 bits per heavy atom. The highest BCUT2D eigenvalue weighted by atomic mass is 32.2. The van der Waals surface area contributed by atoms with Crippen molar-refractivity contribution in [2.45, 2.75) is 57.4 Å². The fourth-order valence-electron chi connectivity index (χ4n) is 5.49. The number of aromatic nitrogens is 2. The highest BCUT2D eigenvalue weighted by Gasteiger charge is 2.42. The van der Waals surface area contributed by atoms with E-state index in [9.17, 15) is 14.0 Å². The maximum absolute atomic E-state index is 13.6. The molecule has 1 aromatic heterocycles. The standard InChI is InChI=1S/C30H33FN4O2S/c1-5-35(6-2)21-13-9-19(10-14-21)24-25-22(15-30(3,4)16-23(25)36)32-27-26(24)28(37)34-29(33-27)38-17-18-7-11-20(31)12-8-18/h7-14,24H,5-6,15-17H2,1-4H3,(H2,32,33,34,37). The number of allylic oxidation sites excluding steroid dienone is 2. The molecule has 38 heavy (non-hydrogen) atoms. The lowest BCUT2D eigenvalue weighted by Crippen LogP contribution is -2.37. The molecule has 8 heteroatoms. The number of hydrogen-bond acceptors (Lipinski definition) is 6. The average Bonchev–Trinajstić information content (AvgIpc) is 2.87. The molecule has 1 atom stereocenters. The molecule has 1 unspecified atom stereocenters. The number of H-pyrrole nitrogens is 1. The number of carbonyl (C=O) groups is 1. The number of thioether (sulfide) groups is 1. The first-order valence-corrected chi connectivity index (χ1v) is 14.1. The zero-order valence-corrected chi connectivity index (χ0v) is 23.0. The summed E-state index contributed by atoms with van der Waals surface area (Å²) < 4.78 is 13.3. The highest BCUT2D eigenvalue weighted by Crippen LogP contribution is 2.47. The molecule has 2 N–H and O–H groups in total. The Bertz CT molecular complexity index is 1440. The molecule has 0 saturated heterocycles. The number of benzene rings is 2. The second-order valence-electron chi connectivity index (χ2n) is 10.7. The normalized spacial score (nSPS) is 18.0. The molecule has 6 nitrogen and oxygen atoms in total. The Kier molecular flexibility index (Phi) is 7.18. The Morgan fingerprint density at radius 3 is 2.37 bits per heavy atom. The van der Waals surface area contributed by atoms with Crippen LogP contribution in [-0.4, -0.2) is 28.8 Å². The molecular weight excluding hydrogens is 499 g/mol. The molecular formula is C30H33FN4O2S. The fourth-order valence-corrected chi connectivity index (χ4v) is 6.31. The van der Waals surface area contributed by atoms with Crippen molar-refractivity contribution in [3.8, 4) is 0 Å². The van der Waals surface area contributed by atoms with E-state index < -0.39 is 5.92 Å². The smallest absolute Gasteiger partial charge is 0.257 e. The molecule has 5 rings (SSSR count). The van der Waals surface area contributed by atoms with E-state index in [0.717, 1.165) is 35.6 Å². The highest BCUT2D eigenvalue weighted by molar-refractivity contribution is 7.98. The van der Waals surface area contributed by atoms with Crippen LogP contribution in [0.4, 0.5) is 15.9 Å². The molecule has 0 fully saturated rings. The number of fused-ring (bicyclic) bond motifs is 1. The largest absolute Gasteiger partial charge is 0.372 e. The minimum absolute atomic E-state index is 0.0707. The summed E-state index contributed by atoms with van der Waals surface area (Å²) in [6.07, 6.45) is 1.14. The van der Waals surface area contributed by atoms with Gasteiger partial charge in [0.25, 0.3) is 5.56 Å². The van der Waals surface area contributed by atoms with Crippen molar-refractivity contribution in [1.29, 1.82) is 0 Å². The molecule has 1 aliphatic heterocycles. The Hall–Kier alpha value is -3.39. The third-order valence-corrected chi connectivity index (χ3v) is 8.29. The molecule has 1 aliphatic carbocycles. The van der Waals surface area contributed by atoms with Gasteiger partial charge in [-0.15, -0.1) is 0 Å². The predicted octanol–water partition coefficient (Wildman–Crippen LogP) is 6.25. The minimum Gasteiger partial charge on any atom is -0.372 e. The second-order valence-corrected chi connectivity index (χ2v) is 11.7. The van der Waals surface area contributed by atoms with Crippen LogP contribution in [0.25, 0.3) is 0 Å². The number of Topliss-reactive ketones (excluding diaryl/α,β-unsaturated/α-hetero) is 1. The first-order valence-electron chi connectivity index (χ1n) is 13.1. The third-order valence-electron chi connectivity index (χ3n) is 7.34. The van der Waals surface area contributed by atoms with E-state index in [1.165, 1.54) is 23.9 Å². The van der Waals surface area contributed by atoms with Gasteiger partial charge in [-0.3, -0.25) is 9.59 Å². The van der Waals surface area contributed by atoms with Crippen molar-refractivity contribution in [2.24, 2.45) is 5.41 Å². The zero-order chi connectivity index (χ0) is 27.0. The van der Waals surface area contributed by atoms with Crippen LogP contribution in [0.5, 0.6) is 0 Å². The van der Waals surface area contributed by atoms with Crippen LogP contribution in [0, 0.1) is 11.2 Å². The molecule has 0 amide bonds. The zero-order valence-electron chi connectivity index (χ0n) is 22.2. The van der Waals surface area contributed by atoms with Gasteiger partial charge in [0, 0.05) is 48.1 Å². The summed E-state index contributed by atoms with van der Waals surface area (Å²) in [5, 5.41) is 3.85. The van der Waals surface area contributed by atoms with Crippen LogP contribution in [0.15, 0.2) is 69.8 Å². The Morgan fingerprint density at radius 2 is 1.71 bits per heavy atom. The molecule has 198 valence electrons. The lowest BCUT2D eigenvalue weighted by molar-refractivity contribution is -0.118. The summed E-state index contributed by atoms with van der Waals surface area (Å²) in [7, 11) is 0. The van der Waals surface area contributed by atoms with Gasteiger partial charge in [-0.1, -0.05) is 49.9 Å². The number of ketones is 1. The fraction of sp³-hybridized carbons (Fsp3) is 0.367.